The van der Waals surface area contributed by atoms with Gasteiger partial charge in [-0.05, 0) is 70.4 Å². The molecule has 21 heavy (non-hydrogen) atoms. The topological polar surface area (TPSA) is 24.1 Å². The Morgan fingerprint density at radius 1 is 1.33 bits per heavy atom. The van der Waals surface area contributed by atoms with Gasteiger partial charge >= 0.3 is 0 Å². The maximum absolute atomic E-state index is 3.79. The molecule has 0 heterocycles. The van der Waals surface area contributed by atoms with E-state index in [0.29, 0.717) is 6.17 Å². The molecule has 0 aromatic heterocycles. The third-order valence-corrected chi connectivity index (χ3v) is 4.82. The quantitative estimate of drug-likeness (QED) is 0.311. The lowest BCUT2D eigenvalue weighted by Gasteiger charge is -2.26. The van der Waals surface area contributed by atoms with E-state index < -0.39 is 0 Å². The zero-order valence-electron chi connectivity index (χ0n) is 14.2. The fourth-order valence-corrected chi connectivity index (χ4v) is 3.39. The lowest BCUT2D eigenvalue weighted by Crippen LogP contribution is -2.40. The molecule has 0 radical (unpaired) electrons. The summed E-state index contributed by atoms with van der Waals surface area (Å²) in [6, 6.07) is 0. The van der Waals surface area contributed by atoms with E-state index in [-0.39, 0.29) is 0 Å². The van der Waals surface area contributed by atoms with E-state index >= 15 is 0 Å². The molecule has 0 saturated carbocycles. The van der Waals surface area contributed by atoms with Crippen LogP contribution in [-0.4, -0.2) is 19.8 Å². The van der Waals surface area contributed by atoms with Crippen molar-refractivity contribution in [3.05, 3.63) is 24.8 Å². The van der Waals surface area contributed by atoms with Crippen molar-refractivity contribution in [3.8, 4) is 0 Å². The molecule has 1 aliphatic carbocycles. The zero-order valence-corrected chi connectivity index (χ0v) is 14.2. The second-order valence-corrected chi connectivity index (χ2v) is 6.35. The van der Waals surface area contributed by atoms with Gasteiger partial charge in [0.25, 0.3) is 0 Å². The fourth-order valence-electron chi connectivity index (χ4n) is 3.39. The van der Waals surface area contributed by atoms with E-state index in [2.05, 4.69) is 36.3 Å². The number of unbranched alkanes of at least 4 members (excludes halogenated alkanes) is 1. The molecule has 0 aliphatic heterocycles. The fraction of sp³-hybridized carbons (Fsp3) is 0.789. The molecule has 0 aromatic carbocycles. The van der Waals surface area contributed by atoms with Crippen LogP contribution in [0.3, 0.4) is 0 Å². The summed E-state index contributed by atoms with van der Waals surface area (Å²) < 4.78 is 0. The summed E-state index contributed by atoms with van der Waals surface area (Å²) >= 11 is 0. The summed E-state index contributed by atoms with van der Waals surface area (Å²) in [6.07, 6.45) is 19.0. The highest BCUT2D eigenvalue weighted by atomic mass is 15.1. The second-order valence-electron chi connectivity index (χ2n) is 6.35. The molecule has 1 rings (SSSR count). The average molecular weight is 293 g/mol. The van der Waals surface area contributed by atoms with E-state index in [9.17, 15) is 0 Å². The molecular formula is C19H36N2. The van der Waals surface area contributed by atoms with Crippen LogP contribution in [0.4, 0.5) is 0 Å². The van der Waals surface area contributed by atoms with Crippen LogP contribution in [0.5, 0.6) is 0 Å². The molecule has 3 unspecified atom stereocenters. The minimum Gasteiger partial charge on any atom is -0.305 e. The Morgan fingerprint density at radius 3 is 2.81 bits per heavy atom. The smallest absolute Gasteiger partial charge is 0.0572 e. The molecule has 0 aromatic rings. The highest BCUT2D eigenvalue weighted by Crippen LogP contribution is 2.30. The third-order valence-electron chi connectivity index (χ3n) is 4.82. The Bertz CT molecular complexity index is 285. The molecule has 2 nitrogen and oxygen atoms in total. The van der Waals surface area contributed by atoms with Crippen molar-refractivity contribution in [2.45, 2.75) is 70.9 Å². The Labute approximate surface area is 132 Å². The summed E-state index contributed by atoms with van der Waals surface area (Å²) in [5.41, 5.74) is 0. The Morgan fingerprint density at radius 2 is 2.19 bits per heavy atom. The highest BCUT2D eigenvalue weighted by Gasteiger charge is 2.18. The maximum atomic E-state index is 3.79. The molecule has 2 heteroatoms. The first-order chi connectivity index (χ1) is 10.3. The van der Waals surface area contributed by atoms with Gasteiger partial charge in [0.05, 0.1) is 6.17 Å². The van der Waals surface area contributed by atoms with Crippen LogP contribution in [0, 0.1) is 11.8 Å². The van der Waals surface area contributed by atoms with Crippen molar-refractivity contribution >= 4 is 0 Å². The Balaban J connectivity index is 2.12. The SMILES string of the molecule is C=CCCC(NC)NCCCCC(CC)C1C=CCCC1. The van der Waals surface area contributed by atoms with Gasteiger partial charge < -0.3 is 10.6 Å². The summed E-state index contributed by atoms with van der Waals surface area (Å²) in [5.74, 6) is 1.76. The number of allylic oxidation sites excluding steroid dienone is 3. The van der Waals surface area contributed by atoms with Gasteiger partial charge in [-0.2, -0.15) is 0 Å². The number of hydrogen-bond donors (Lipinski definition) is 2. The minimum atomic E-state index is 0.436. The molecule has 0 spiro atoms. The number of nitrogens with one attached hydrogen (secondary N) is 2. The largest absolute Gasteiger partial charge is 0.305 e. The van der Waals surface area contributed by atoms with E-state index in [4.69, 9.17) is 0 Å². The van der Waals surface area contributed by atoms with Crippen LogP contribution < -0.4 is 10.6 Å². The Hall–Kier alpha value is -0.600. The predicted molar refractivity (Wildman–Crippen MR) is 94.4 cm³/mol. The van der Waals surface area contributed by atoms with Crippen molar-refractivity contribution in [1.29, 1.82) is 0 Å². The van der Waals surface area contributed by atoms with Crippen LogP contribution in [0.15, 0.2) is 24.8 Å². The van der Waals surface area contributed by atoms with E-state index in [1.54, 1.807) is 0 Å². The predicted octanol–water partition coefficient (Wildman–Crippen LogP) is 4.64. The highest BCUT2D eigenvalue weighted by molar-refractivity contribution is 4.95. The lowest BCUT2D eigenvalue weighted by atomic mass is 9.80. The van der Waals surface area contributed by atoms with Gasteiger partial charge in [-0.3, -0.25) is 0 Å². The lowest BCUT2D eigenvalue weighted by molar-refractivity contribution is 0.315. The summed E-state index contributed by atoms with van der Waals surface area (Å²) in [6.45, 7) is 7.27. The first-order valence-electron chi connectivity index (χ1n) is 9.00. The summed E-state index contributed by atoms with van der Waals surface area (Å²) in [7, 11) is 2.03. The van der Waals surface area contributed by atoms with Crippen molar-refractivity contribution < 1.29 is 0 Å². The van der Waals surface area contributed by atoms with Crippen LogP contribution in [0.1, 0.15) is 64.7 Å². The third kappa shape index (κ3) is 7.82. The molecule has 0 fully saturated rings. The molecule has 0 saturated heterocycles. The van der Waals surface area contributed by atoms with Gasteiger partial charge in [-0.15, -0.1) is 6.58 Å². The first kappa shape index (κ1) is 18.4. The monoisotopic (exact) mass is 292 g/mol. The standard InChI is InChI=1S/C19H36N2/c1-4-6-15-19(20-3)21-16-11-10-12-17(5-2)18-13-8-7-9-14-18/h4,8,13,17-21H,1,5-7,9-12,14-16H2,2-3H3. The molecule has 0 bridgehead atoms. The van der Waals surface area contributed by atoms with Gasteiger partial charge in [0, 0.05) is 0 Å². The molecule has 1 aliphatic rings. The second kappa shape index (κ2) is 12.0. The maximum Gasteiger partial charge on any atom is 0.0572 e. The normalized spacial score (nSPS) is 21.1. The van der Waals surface area contributed by atoms with Crippen LogP contribution >= 0.6 is 0 Å². The van der Waals surface area contributed by atoms with Gasteiger partial charge in [-0.25, -0.2) is 0 Å². The van der Waals surface area contributed by atoms with E-state index in [1.807, 2.05) is 13.1 Å². The Kier molecular flexibility index (Phi) is 10.5. The van der Waals surface area contributed by atoms with Gasteiger partial charge in [0.1, 0.15) is 0 Å². The van der Waals surface area contributed by atoms with Crippen molar-refractivity contribution in [1.82, 2.24) is 10.6 Å². The van der Waals surface area contributed by atoms with Gasteiger partial charge in [0.15, 0.2) is 0 Å². The molecule has 2 N–H and O–H groups in total. The molecule has 0 amide bonds. The van der Waals surface area contributed by atoms with E-state index in [1.165, 1.54) is 44.9 Å². The first-order valence-corrected chi connectivity index (χ1v) is 9.00. The van der Waals surface area contributed by atoms with Gasteiger partial charge in [0.2, 0.25) is 0 Å². The number of hydrogen-bond acceptors (Lipinski definition) is 2. The van der Waals surface area contributed by atoms with Crippen LogP contribution in [0.25, 0.3) is 0 Å². The van der Waals surface area contributed by atoms with E-state index in [0.717, 1.165) is 31.2 Å². The average Bonchev–Trinajstić information content (AvgIpc) is 2.54. The molecular weight excluding hydrogens is 256 g/mol. The minimum absolute atomic E-state index is 0.436. The number of rotatable bonds is 12. The van der Waals surface area contributed by atoms with Gasteiger partial charge in [-0.1, -0.05) is 38.0 Å². The zero-order chi connectivity index (χ0) is 15.3. The molecule has 3 atom stereocenters. The van der Waals surface area contributed by atoms with Crippen molar-refractivity contribution in [3.63, 3.8) is 0 Å². The summed E-state index contributed by atoms with van der Waals surface area (Å²) in [4.78, 5) is 0. The summed E-state index contributed by atoms with van der Waals surface area (Å²) in [5, 5.41) is 6.93. The van der Waals surface area contributed by atoms with Crippen molar-refractivity contribution in [2.24, 2.45) is 11.8 Å². The van der Waals surface area contributed by atoms with Crippen LogP contribution in [-0.2, 0) is 0 Å². The van der Waals surface area contributed by atoms with Crippen LogP contribution in [0.2, 0.25) is 0 Å². The van der Waals surface area contributed by atoms with Crippen molar-refractivity contribution in [2.75, 3.05) is 13.6 Å². The molecule has 122 valence electrons.